The molecule has 2 nitrogen and oxygen atoms in total. The van der Waals surface area contributed by atoms with E-state index in [1.807, 2.05) is 13.0 Å². The zero-order valence-corrected chi connectivity index (χ0v) is 9.12. The number of fused-ring (bicyclic) bond motifs is 1. The van der Waals surface area contributed by atoms with Crippen LogP contribution in [0.3, 0.4) is 0 Å². The summed E-state index contributed by atoms with van der Waals surface area (Å²) in [7, 11) is 0. The molecule has 2 rings (SSSR count). The SMILES string of the molecule is Cc1c(O)ccc2c1OC(C[Se])C2. The van der Waals surface area contributed by atoms with Crippen molar-refractivity contribution in [2.45, 2.75) is 24.8 Å². The molecule has 69 valence electrons. The van der Waals surface area contributed by atoms with Crippen molar-refractivity contribution in [1.82, 2.24) is 0 Å². The van der Waals surface area contributed by atoms with Gasteiger partial charge in [0.2, 0.25) is 0 Å². The molecule has 1 aromatic rings. The zero-order chi connectivity index (χ0) is 9.42. The summed E-state index contributed by atoms with van der Waals surface area (Å²) >= 11 is 2.97. The van der Waals surface area contributed by atoms with E-state index in [-0.39, 0.29) is 6.10 Å². The van der Waals surface area contributed by atoms with Gasteiger partial charge in [0.05, 0.1) is 0 Å². The van der Waals surface area contributed by atoms with Crippen LogP contribution in [0.4, 0.5) is 0 Å². The number of benzene rings is 1. The van der Waals surface area contributed by atoms with Gasteiger partial charge in [-0.05, 0) is 0 Å². The van der Waals surface area contributed by atoms with E-state index in [4.69, 9.17) is 4.74 Å². The van der Waals surface area contributed by atoms with Crippen LogP contribution in [0.25, 0.3) is 0 Å². The molecule has 0 aliphatic carbocycles. The Labute approximate surface area is 85.7 Å². The average Bonchev–Trinajstić information content (AvgIpc) is 2.55. The van der Waals surface area contributed by atoms with Gasteiger partial charge < -0.3 is 0 Å². The summed E-state index contributed by atoms with van der Waals surface area (Å²) in [6.45, 7) is 1.88. The summed E-state index contributed by atoms with van der Waals surface area (Å²) in [5, 5.41) is 10.4. The molecular formula is C10H11O2Se. The molecule has 0 amide bonds. The van der Waals surface area contributed by atoms with Gasteiger partial charge in [0, 0.05) is 0 Å². The van der Waals surface area contributed by atoms with Crippen LogP contribution in [0.2, 0.25) is 5.32 Å². The maximum absolute atomic E-state index is 9.45. The second-order valence-corrected chi connectivity index (χ2v) is 4.01. The summed E-state index contributed by atoms with van der Waals surface area (Å²) in [5.41, 5.74) is 2.06. The fourth-order valence-corrected chi connectivity index (χ4v) is 2.00. The van der Waals surface area contributed by atoms with E-state index in [0.29, 0.717) is 5.75 Å². The number of hydrogen-bond donors (Lipinski definition) is 1. The minimum atomic E-state index is 0.246. The van der Waals surface area contributed by atoms with Crippen molar-refractivity contribution >= 4 is 16.0 Å². The molecule has 0 bridgehead atoms. The Morgan fingerprint density at radius 2 is 2.38 bits per heavy atom. The van der Waals surface area contributed by atoms with Gasteiger partial charge in [0.1, 0.15) is 0 Å². The molecule has 1 radical (unpaired) electrons. The van der Waals surface area contributed by atoms with Crippen molar-refractivity contribution in [3.63, 3.8) is 0 Å². The van der Waals surface area contributed by atoms with Crippen LogP contribution >= 0.6 is 0 Å². The van der Waals surface area contributed by atoms with Crippen LogP contribution in [0.1, 0.15) is 11.1 Å². The molecule has 1 aromatic carbocycles. The van der Waals surface area contributed by atoms with Crippen LogP contribution in [-0.4, -0.2) is 27.2 Å². The van der Waals surface area contributed by atoms with E-state index in [1.54, 1.807) is 6.07 Å². The first-order chi connectivity index (χ1) is 6.22. The minimum absolute atomic E-state index is 0.246. The third-order valence-electron chi connectivity index (χ3n) is 2.38. The van der Waals surface area contributed by atoms with Crippen molar-refractivity contribution in [3.8, 4) is 11.5 Å². The first-order valence-corrected chi connectivity index (χ1v) is 5.49. The van der Waals surface area contributed by atoms with Gasteiger partial charge in [-0.25, -0.2) is 0 Å². The Morgan fingerprint density at radius 1 is 1.62 bits per heavy atom. The molecule has 0 fully saturated rings. The number of rotatable bonds is 1. The van der Waals surface area contributed by atoms with Crippen LogP contribution in [0.5, 0.6) is 11.5 Å². The summed E-state index contributed by atoms with van der Waals surface area (Å²) < 4.78 is 5.68. The molecule has 0 spiro atoms. The van der Waals surface area contributed by atoms with Crippen molar-refractivity contribution < 1.29 is 9.84 Å². The topological polar surface area (TPSA) is 29.5 Å². The van der Waals surface area contributed by atoms with Crippen molar-refractivity contribution in [2.24, 2.45) is 0 Å². The van der Waals surface area contributed by atoms with E-state index in [9.17, 15) is 5.11 Å². The Bertz CT molecular complexity index is 336. The first-order valence-electron chi connectivity index (χ1n) is 4.28. The van der Waals surface area contributed by atoms with Crippen LogP contribution in [0, 0.1) is 6.92 Å². The van der Waals surface area contributed by atoms with Gasteiger partial charge in [0.25, 0.3) is 0 Å². The standard InChI is InChI=1S/C10H11O2Se/c1-6-9(11)3-2-7-4-8(5-13)12-10(6)7/h2-3,8,11H,4-5H2,1H3. The van der Waals surface area contributed by atoms with E-state index < -0.39 is 0 Å². The molecule has 1 N–H and O–H groups in total. The third kappa shape index (κ3) is 1.43. The molecule has 1 unspecified atom stereocenters. The second-order valence-electron chi connectivity index (χ2n) is 3.31. The van der Waals surface area contributed by atoms with E-state index in [2.05, 4.69) is 16.0 Å². The molecular weight excluding hydrogens is 231 g/mol. The van der Waals surface area contributed by atoms with Gasteiger partial charge in [-0.15, -0.1) is 0 Å². The Hall–Kier alpha value is -0.661. The van der Waals surface area contributed by atoms with Gasteiger partial charge in [0.15, 0.2) is 0 Å². The number of phenols is 1. The summed E-state index contributed by atoms with van der Waals surface area (Å²) in [4.78, 5) is 0. The quantitative estimate of drug-likeness (QED) is 0.758. The number of aromatic hydroxyl groups is 1. The fraction of sp³-hybridized carbons (Fsp3) is 0.400. The van der Waals surface area contributed by atoms with Crippen LogP contribution < -0.4 is 4.74 Å². The summed E-state index contributed by atoms with van der Waals surface area (Å²) in [5.74, 6) is 1.19. The molecule has 0 saturated heterocycles. The molecule has 0 aromatic heterocycles. The van der Waals surface area contributed by atoms with Crippen molar-refractivity contribution in [3.05, 3.63) is 23.3 Å². The van der Waals surface area contributed by atoms with Crippen molar-refractivity contribution in [2.75, 3.05) is 0 Å². The Morgan fingerprint density at radius 3 is 3.08 bits per heavy atom. The maximum atomic E-state index is 9.45. The molecule has 1 atom stereocenters. The number of hydrogen-bond acceptors (Lipinski definition) is 2. The molecule has 0 saturated carbocycles. The zero-order valence-electron chi connectivity index (χ0n) is 7.41. The Balaban J connectivity index is 2.40. The van der Waals surface area contributed by atoms with Gasteiger partial charge in [-0.2, -0.15) is 0 Å². The average molecular weight is 242 g/mol. The molecule has 1 aliphatic heterocycles. The normalized spacial score (nSPS) is 19.7. The second kappa shape index (κ2) is 3.24. The molecule has 1 heterocycles. The third-order valence-corrected chi connectivity index (χ3v) is 3.16. The summed E-state index contributed by atoms with van der Waals surface area (Å²) in [6, 6.07) is 3.67. The van der Waals surface area contributed by atoms with E-state index in [0.717, 1.165) is 23.1 Å². The number of ether oxygens (including phenoxy) is 1. The molecule has 3 heteroatoms. The number of phenolic OH excluding ortho intramolecular Hbond substituents is 1. The van der Waals surface area contributed by atoms with E-state index >= 15 is 0 Å². The predicted octanol–water partition coefficient (Wildman–Crippen LogP) is 1.59. The molecule has 13 heavy (non-hydrogen) atoms. The summed E-state index contributed by atoms with van der Waals surface area (Å²) in [6.07, 6.45) is 1.19. The van der Waals surface area contributed by atoms with Gasteiger partial charge in [-0.3, -0.25) is 0 Å². The van der Waals surface area contributed by atoms with Crippen molar-refractivity contribution in [1.29, 1.82) is 0 Å². The monoisotopic (exact) mass is 243 g/mol. The first kappa shape index (κ1) is 8.92. The fourth-order valence-electron chi connectivity index (χ4n) is 1.61. The van der Waals surface area contributed by atoms with Gasteiger partial charge in [-0.1, -0.05) is 0 Å². The molecule has 1 aliphatic rings. The van der Waals surface area contributed by atoms with E-state index in [1.165, 1.54) is 5.56 Å². The van der Waals surface area contributed by atoms with Crippen LogP contribution in [0.15, 0.2) is 12.1 Å². The van der Waals surface area contributed by atoms with Crippen LogP contribution in [-0.2, 0) is 6.42 Å². The Kier molecular flexibility index (Phi) is 2.22. The predicted molar refractivity (Wildman–Crippen MR) is 51.5 cm³/mol. The van der Waals surface area contributed by atoms with Gasteiger partial charge >= 0.3 is 85.4 Å².